The van der Waals surface area contributed by atoms with Crippen LogP contribution in [0.1, 0.15) is 24.1 Å². The lowest BCUT2D eigenvalue weighted by molar-refractivity contribution is -0.201. The number of nitrogens with one attached hydrogen (secondary N) is 2. The van der Waals surface area contributed by atoms with E-state index in [1.54, 1.807) is 12.1 Å². The van der Waals surface area contributed by atoms with Crippen molar-refractivity contribution in [1.29, 1.82) is 0 Å². The van der Waals surface area contributed by atoms with E-state index in [0.717, 1.165) is 54.2 Å². The molecule has 1 aliphatic heterocycles. The minimum absolute atomic E-state index is 0.0579. The molecular weight excluding hydrogens is 535 g/mol. The Labute approximate surface area is 228 Å². The second kappa shape index (κ2) is 15.2. The van der Waals surface area contributed by atoms with Gasteiger partial charge in [-0.05, 0) is 49.5 Å². The van der Waals surface area contributed by atoms with Gasteiger partial charge in [-0.3, -0.25) is 5.32 Å². The van der Waals surface area contributed by atoms with Crippen LogP contribution in [0, 0.1) is 5.92 Å². The zero-order valence-electron chi connectivity index (χ0n) is 21.1. The highest BCUT2D eigenvalue weighted by Crippen LogP contribution is 2.30. The summed E-state index contributed by atoms with van der Waals surface area (Å²) < 4.78 is 45.0. The molecule has 4 rings (SSSR count). The molecule has 2 heterocycles. The third-order valence-corrected chi connectivity index (χ3v) is 6.63. The van der Waals surface area contributed by atoms with Gasteiger partial charge in [0.2, 0.25) is 0 Å². The molecule has 1 aliphatic rings. The molecule has 12 heteroatoms. The number of rotatable bonds is 9. The first-order valence-corrected chi connectivity index (χ1v) is 13.2. The number of nitrogens with zero attached hydrogens (tertiary/aromatic N) is 1. The molecule has 0 saturated carbocycles. The van der Waals surface area contributed by atoms with Crippen LogP contribution < -0.4 is 10.6 Å². The summed E-state index contributed by atoms with van der Waals surface area (Å²) in [6, 6.07) is 17.3. The Morgan fingerprint density at radius 1 is 1.08 bits per heavy atom. The molecule has 1 saturated heterocycles. The number of carboxylic acid groups (broad SMARTS) is 1. The highest BCUT2D eigenvalue weighted by atomic mass is 32.1. The first-order chi connectivity index (χ1) is 18.7. The summed E-state index contributed by atoms with van der Waals surface area (Å²) in [7, 11) is 0. The molecule has 1 fully saturated rings. The largest absolute Gasteiger partial charge is 0.490 e. The predicted molar refractivity (Wildman–Crippen MR) is 142 cm³/mol. The maximum absolute atomic E-state index is 11.7. The normalized spacial score (nSPS) is 13.7. The van der Waals surface area contributed by atoms with Crippen molar-refractivity contribution >= 4 is 29.1 Å². The summed E-state index contributed by atoms with van der Waals surface area (Å²) in [5.41, 5.74) is 3.41. The number of para-hydroxylation sites is 1. The van der Waals surface area contributed by atoms with Crippen molar-refractivity contribution in [2.45, 2.75) is 32.0 Å². The Hall–Kier alpha value is -3.48. The Kier molecular flexibility index (Phi) is 11.7. The molecule has 1 aromatic heterocycles. The fourth-order valence-electron chi connectivity index (χ4n) is 3.70. The van der Waals surface area contributed by atoms with Gasteiger partial charge in [0, 0.05) is 17.4 Å². The van der Waals surface area contributed by atoms with Crippen molar-refractivity contribution in [3.05, 3.63) is 71.2 Å². The number of carbonyl (C=O) groups excluding carboxylic acids is 1. The zero-order chi connectivity index (χ0) is 28.1. The molecule has 0 spiro atoms. The van der Waals surface area contributed by atoms with Crippen LogP contribution in [0.15, 0.2) is 60.0 Å². The molecule has 2 aromatic carbocycles. The highest BCUT2D eigenvalue weighted by Gasteiger charge is 2.41. The van der Waals surface area contributed by atoms with E-state index in [4.69, 9.17) is 9.84 Å². The van der Waals surface area contributed by atoms with Crippen LogP contribution in [0.5, 0.6) is 0 Å². The Bertz CT molecular complexity index is 1180. The van der Waals surface area contributed by atoms with Gasteiger partial charge in [-0.1, -0.05) is 42.5 Å². The summed E-state index contributed by atoms with van der Waals surface area (Å²) >= 11 is 1.50. The van der Waals surface area contributed by atoms with Crippen LogP contribution in [0.25, 0.3) is 10.6 Å². The first kappa shape index (κ1) is 30.1. The Morgan fingerprint density at radius 3 is 2.46 bits per heavy atom. The quantitative estimate of drug-likeness (QED) is 0.224. The zero-order valence-corrected chi connectivity index (χ0v) is 21.9. The Balaban J connectivity index is 0.000000255. The number of amides is 1. The van der Waals surface area contributed by atoms with Gasteiger partial charge in [-0.25, -0.2) is 14.6 Å². The third-order valence-electron chi connectivity index (χ3n) is 5.71. The van der Waals surface area contributed by atoms with Gasteiger partial charge >= 0.3 is 18.2 Å². The molecule has 39 heavy (non-hydrogen) atoms. The van der Waals surface area contributed by atoms with E-state index in [1.165, 1.54) is 11.3 Å². The molecule has 0 unspecified atom stereocenters. The van der Waals surface area contributed by atoms with E-state index >= 15 is 0 Å². The molecule has 0 radical (unpaired) electrons. The standard InChI is InChI=1S/C19H18N2O3S.C8H12F3NO2/c22-19(23)21-17-9-5-4-8-16(17)18-20-15(13-25-18)10-11-24-12-14-6-2-1-3-7-14;9-8(10,11)7(13)14-5-6-1-3-12-4-2-6/h1-9,13,21H,10-12H2,(H,22,23);6,12H,1-5H2. The van der Waals surface area contributed by atoms with Gasteiger partial charge in [0.05, 0.1) is 31.2 Å². The fraction of sp³-hybridized carbons (Fsp3) is 0.370. The van der Waals surface area contributed by atoms with Crippen LogP contribution in [0.3, 0.4) is 0 Å². The molecular formula is C27H30F3N3O5S. The molecule has 8 nitrogen and oxygen atoms in total. The van der Waals surface area contributed by atoms with E-state index in [2.05, 4.69) is 20.4 Å². The van der Waals surface area contributed by atoms with Crippen molar-refractivity contribution in [3.63, 3.8) is 0 Å². The average molecular weight is 566 g/mol. The van der Waals surface area contributed by atoms with Crippen LogP contribution in [0.2, 0.25) is 0 Å². The van der Waals surface area contributed by atoms with Gasteiger partial charge in [0.15, 0.2) is 0 Å². The maximum Gasteiger partial charge on any atom is 0.490 e. The van der Waals surface area contributed by atoms with Gasteiger partial charge in [-0.15, -0.1) is 11.3 Å². The maximum atomic E-state index is 11.7. The van der Waals surface area contributed by atoms with Gasteiger partial charge in [0.25, 0.3) is 0 Å². The topological polar surface area (TPSA) is 110 Å². The van der Waals surface area contributed by atoms with Crippen molar-refractivity contribution in [3.8, 4) is 10.6 Å². The molecule has 3 N–H and O–H groups in total. The fourth-order valence-corrected chi connectivity index (χ4v) is 4.60. The van der Waals surface area contributed by atoms with Gasteiger partial charge in [-0.2, -0.15) is 13.2 Å². The lowest BCUT2D eigenvalue weighted by Crippen LogP contribution is -2.33. The second-order valence-electron chi connectivity index (χ2n) is 8.70. The molecule has 0 bridgehead atoms. The number of hydrogen-bond acceptors (Lipinski definition) is 7. The van der Waals surface area contributed by atoms with Crippen molar-refractivity contribution in [2.24, 2.45) is 5.92 Å². The third kappa shape index (κ3) is 10.7. The summed E-state index contributed by atoms with van der Waals surface area (Å²) in [5, 5.41) is 17.2. The lowest BCUT2D eigenvalue weighted by atomic mass is 9.99. The number of hydrogen-bond donors (Lipinski definition) is 3. The lowest BCUT2D eigenvalue weighted by Gasteiger charge is -2.22. The average Bonchev–Trinajstić information content (AvgIpc) is 3.39. The smallest absolute Gasteiger partial charge is 0.465 e. The van der Waals surface area contributed by atoms with E-state index in [1.807, 2.05) is 47.8 Å². The van der Waals surface area contributed by atoms with Gasteiger partial charge in [0.1, 0.15) is 5.01 Å². The second-order valence-corrected chi connectivity index (χ2v) is 9.56. The number of alkyl halides is 3. The summed E-state index contributed by atoms with van der Waals surface area (Å²) in [4.78, 5) is 25.8. The van der Waals surface area contributed by atoms with E-state index in [-0.39, 0.29) is 12.5 Å². The molecule has 0 atom stereocenters. The van der Waals surface area contributed by atoms with Crippen molar-refractivity contribution in [1.82, 2.24) is 10.3 Å². The number of esters is 1. The van der Waals surface area contributed by atoms with Crippen LogP contribution in [-0.2, 0) is 27.3 Å². The van der Waals surface area contributed by atoms with Gasteiger partial charge < -0.3 is 19.9 Å². The molecule has 3 aromatic rings. The molecule has 0 aliphatic carbocycles. The minimum atomic E-state index is -4.87. The summed E-state index contributed by atoms with van der Waals surface area (Å²) in [5.74, 6) is -2.03. The van der Waals surface area contributed by atoms with E-state index in [9.17, 15) is 22.8 Å². The van der Waals surface area contributed by atoms with Crippen molar-refractivity contribution < 1.29 is 37.3 Å². The monoisotopic (exact) mass is 565 g/mol. The number of anilines is 1. The SMILES string of the molecule is O=C(O)Nc1ccccc1-c1nc(CCOCc2ccccc2)cs1.O=C(OCC1CCNCC1)C(F)(F)F. The number of benzene rings is 2. The number of piperidine rings is 1. The van der Waals surface area contributed by atoms with Crippen molar-refractivity contribution in [2.75, 3.05) is 31.6 Å². The Morgan fingerprint density at radius 2 is 1.77 bits per heavy atom. The van der Waals surface area contributed by atoms with Crippen LogP contribution >= 0.6 is 11.3 Å². The number of aromatic nitrogens is 1. The highest BCUT2D eigenvalue weighted by molar-refractivity contribution is 7.13. The van der Waals surface area contributed by atoms with Crippen LogP contribution in [0.4, 0.5) is 23.7 Å². The van der Waals surface area contributed by atoms with E-state index < -0.39 is 18.2 Å². The first-order valence-electron chi connectivity index (χ1n) is 12.3. The number of carbonyl (C=O) groups is 2. The number of thiazole rings is 1. The summed E-state index contributed by atoms with van der Waals surface area (Å²) in [6.07, 6.45) is -3.72. The summed E-state index contributed by atoms with van der Waals surface area (Å²) in [6.45, 7) is 2.60. The molecule has 1 amide bonds. The predicted octanol–water partition coefficient (Wildman–Crippen LogP) is 5.75. The minimum Gasteiger partial charge on any atom is -0.465 e. The van der Waals surface area contributed by atoms with E-state index in [0.29, 0.717) is 18.9 Å². The molecule has 210 valence electrons. The number of halogens is 3. The van der Waals surface area contributed by atoms with Crippen LogP contribution in [-0.4, -0.2) is 54.6 Å². The number of ether oxygens (including phenoxy) is 2.